The van der Waals surface area contributed by atoms with Gasteiger partial charge in [-0.2, -0.15) is 4.31 Å². The van der Waals surface area contributed by atoms with Crippen molar-refractivity contribution in [2.24, 2.45) is 0 Å². The van der Waals surface area contributed by atoms with Crippen LogP contribution >= 0.6 is 0 Å². The minimum absolute atomic E-state index is 0.0681. The van der Waals surface area contributed by atoms with Crippen LogP contribution in [0.1, 0.15) is 11.1 Å². The molecule has 0 radical (unpaired) electrons. The van der Waals surface area contributed by atoms with E-state index in [2.05, 4.69) is 0 Å². The standard InChI is InChI=1S/C12H13FN2O4S/c1-7-3-9(13)4-8(2)12(7)20(18,19)15-5-10(16)14-11(17)6-15/h3-4H,5-6H2,1-2H3,(H,14,16,17). The number of piperazine rings is 1. The van der Waals surface area contributed by atoms with Gasteiger partial charge in [-0.05, 0) is 37.1 Å². The summed E-state index contributed by atoms with van der Waals surface area (Å²) >= 11 is 0. The van der Waals surface area contributed by atoms with Crippen LogP contribution in [0.5, 0.6) is 0 Å². The first-order valence-corrected chi connectivity index (χ1v) is 7.25. The van der Waals surface area contributed by atoms with E-state index in [9.17, 15) is 22.4 Å². The van der Waals surface area contributed by atoms with E-state index < -0.39 is 40.7 Å². The minimum atomic E-state index is -4.02. The lowest BCUT2D eigenvalue weighted by molar-refractivity contribution is -0.134. The normalized spacial score (nSPS) is 17.1. The van der Waals surface area contributed by atoms with Crippen molar-refractivity contribution in [2.75, 3.05) is 13.1 Å². The van der Waals surface area contributed by atoms with Crippen molar-refractivity contribution in [2.45, 2.75) is 18.7 Å². The highest BCUT2D eigenvalue weighted by Gasteiger charge is 2.34. The summed E-state index contributed by atoms with van der Waals surface area (Å²) in [6.45, 7) is 2.08. The summed E-state index contributed by atoms with van der Waals surface area (Å²) in [5.74, 6) is -1.89. The number of aryl methyl sites for hydroxylation is 2. The van der Waals surface area contributed by atoms with E-state index in [4.69, 9.17) is 0 Å². The van der Waals surface area contributed by atoms with Crippen molar-refractivity contribution in [1.29, 1.82) is 0 Å². The van der Waals surface area contributed by atoms with Gasteiger partial charge in [-0.3, -0.25) is 14.9 Å². The zero-order chi connectivity index (χ0) is 15.1. The molecular formula is C12H13FN2O4S. The van der Waals surface area contributed by atoms with Crippen molar-refractivity contribution in [3.8, 4) is 0 Å². The van der Waals surface area contributed by atoms with E-state index in [0.29, 0.717) is 0 Å². The average Bonchev–Trinajstić information content (AvgIpc) is 2.25. The molecule has 6 nitrogen and oxygen atoms in total. The van der Waals surface area contributed by atoms with Crippen LogP contribution in [0, 0.1) is 19.7 Å². The fraction of sp³-hybridized carbons (Fsp3) is 0.333. The maximum absolute atomic E-state index is 13.2. The molecule has 2 amide bonds. The lowest BCUT2D eigenvalue weighted by Crippen LogP contribution is -2.53. The molecule has 1 heterocycles. The molecule has 0 unspecified atom stereocenters. The molecule has 2 rings (SSSR count). The van der Waals surface area contributed by atoms with Gasteiger partial charge in [0.25, 0.3) is 0 Å². The molecule has 20 heavy (non-hydrogen) atoms. The monoisotopic (exact) mass is 300 g/mol. The molecule has 0 aromatic heterocycles. The Morgan fingerprint density at radius 1 is 1.10 bits per heavy atom. The summed E-state index contributed by atoms with van der Waals surface area (Å²) in [4.78, 5) is 22.5. The van der Waals surface area contributed by atoms with E-state index >= 15 is 0 Å². The van der Waals surface area contributed by atoms with Gasteiger partial charge in [0.05, 0.1) is 18.0 Å². The number of amides is 2. The van der Waals surface area contributed by atoms with Crippen molar-refractivity contribution in [3.63, 3.8) is 0 Å². The molecule has 1 aliphatic heterocycles. The molecule has 1 fully saturated rings. The molecule has 0 bridgehead atoms. The third-order valence-electron chi connectivity index (χ3n) is 2.94. The first kappa shape index (κ1) is 14.6. The Balaban J connectivity index is 2.51. The number of sulfonamides is 1. The molecule has 1 N–H and O–H groups in total. The van der Waals surface area contributed by atoms with Gasteiger partial charge in [0, 0.05) is 0 Å². The van der Waals surface area contributed by atoms with Crippen LogP contribution < -0.4 is 5.32 Å². The predicted octanol–water partition coefficient (Wildman–Crippen LogP) is 0.0896. The first-order valence-electron chi connectivity index (χ1n) is 5.81. The molecule has 0 aliphatic carbocycles. The largest absolute Gasteiger partial charge is 0.294 e. The topological polar surface area (TPSA) is 83.6 Å². The zero-order valence-electron chi connectivity index (χ0n) is 10.9. The van der Waals surface area contributed by atoms with Gasteiger partial charge in [-0.25, -0.2) is 12.8 Å². The zero-order valence-corrected chi connectivity index (χ0v) is 11.8. The van der Waals surface area contributed by atoms with Crippen molar-refractivity contribution >= 4 is 21.8 Å². The number of nitrogens with zero attached hydrogens (tertiary/aromatic N) is 1. The third-order valence-corrected chi connectivity index (χ3v) is 5.04. The second-order valence-corrected chi connectivity index (χ2v) is 6.49. The number of carbonyl (C=O) groups is 2. The number of benzene rings is 1. The Labute approximate surface area is 115 Å². The predicted molar refractivity (Wildman–Crippen MR) is 67.8 cm³/mol. The van der Waals surface area contributed by atoms with Crippen molar-refractivity contribution < 1.29 is 22.4 Å². The Kier molecular flexibility index (Phi) is 3.61. The average molecular weight is 300 g/mol. The highest BCUT2D eigenvalue weighted by atomic mass is 32.2. The van der Waals surface area contributed by atoms with E-state index in [-0.39, 0.29) is 16.0 Å². The number of hydrogen-bond donors (Lipinski definition) is 1. The van der Waals surface area contributed by atoms with Gasteiger partial charge < -0.3 is 0 Å². The number of rotatable bonds is 2. The quantitative estimate of drug-likeness (QED) is 0.785. The molecular weight excluding hydrogens is 287 g/mol. The summed E-state index contributed by atoms with van der Waals surface area (Å²) in [5.41, 5.74) is 0.474. The molecule has 8 heteroatoms. The van der Waals surface area contributed by atoms with Crippen LogP contribution in [-0.2, 0) is 19.6 Å². The molecule has 108 valence electrons. The highest BCUT2D eigenvalue weighted by molar-refractivity contribution is 7.89. The summed E-state index contributed by atoms with van der Waals surface area (Å²) in [6.07, 6.45) is 0. The summed E-state index contributed by atoms with van der Waals surface area (Å²) in [5, 5.41) is 2.03. The van der Waals surface area contributed by atoms with Crippen LogP contribution in [0.4, 0.5) is 4.39 Å². The van der Waals surface area contributed by atoms with Gasteiger partial charge in [0.2, 0.25) is 21.8 Å². The molecule has 1 saturated heterocycles. The molecule has 0 spiro atoms. The van der Waals surface area contributed by atoms with E-state index in [1.807, 2.05) is 5.32 Å². The Bertz CT molecular complexity index is 660. The number of hydrogen-bond acceptors (Lipinski definition) is 4. The lowest BCUT2D eigenvalue weighted by atomic mass is 10.1. The Morgan fingerprint density at radius 3 is 2.00 bits per heavy atom. The van der Waals surface area contributed by atoms with E-state index in [1.54, 1.807) is 0 Å². The van der Waals surface area contributed by atoms with Gasteiger partial charge >= 0.3 is 0 Å². The van der Waals surface area contributed by atoms with Crippen molar-refractivity contribution in [1.82, 2.24) is 9.62 Å². The molecule has 0 atom stereocenters. The highest BCUT2D eigenvalue weighted by Crippen LogP contribution is 2.25. The molecule has 1 aromatic rings. The molecule has 0 saturated carbocycles. The van der Waals surface area contributed by atoms with Crippen LogP contribution in [-0.4, -0.2) is 37.6 Å². The van der Waals surface area contributed by atoms with E-state index in [0.717, 1.165) is 16.4 Å². The van der Waals surface area contributed by atoms with Crippen molar-refractivity contribution in [3.05, 3.63) is 29.1 Å². The Morgan fingerprint density at radius 2 is 1.55 bits per heavy atom. The third kappa shape index (κ3) is 2.56. The van der Waals surface area contributed by atoms with Crippen LogP contribution in [0.15, 0.2) is 17.0 Å². The first-order chi connectivity index (χ1) is 9.21. The van der Waals surface area contributed by atoms with Crippen LogP contribution in [0.25, 0.3) is 0 Å². The second-order valence-electron chi connectivity index (χ2n) is 4.61. The smallest absolute Gasteiger partial charge is 0.244 e. The Hall–Kier alpha value is -1.80. The maximum Gasteiger partial charge on any atom is 0.244 e. The maximum atomic E-state index is 13.2. The van der Waals surface area contributed by atoms with Crippen LogP contribution in [0.2, 0.25) is 0 Å². The fourth-order valence-corrected chi connectivity index (χ4v) is 3.98. The van der Waals surface area contributed by atoms with Crippen LogP contribution in [0.3, 0.4) is 0 Å². The van der Waals surface area contributed by atoms with Gasteiger partial charge in [0.1, 0.15) is 5.82 Å². The second kappa shape index (κ2) is 4.95. The number of imide groups is 1. The summed E-state index contributed by atoms with van der Waals surface area (Å²) < 4.78 is 39.0. The number of halogens is 1. The lowest BCUT2D eigenvalue weighted by Gasteiger charge is -2.26. The molecule has 1 aliphatic rings. The van der Waals surface area contributed by atoms with Gasteiger partial charge in [-0.15, -0.1) is 0 Å². The minimum Gasteiger partial charge on any atom is -0.294 e. The van der Waals surface area contributed by atoms with E-state index in [1.165, 1.54) is 13.8 Å². The summed E-state index contributed by atoms with van der Waals surface area (Å²) in [6, 6.07) is 2.21. The summed E-state index contributed by atoms with van der Waals surface area (Å²) in [7, 11) is -4.02. The number of nitrogens with one attached hydrogen (secondary N) is 1. The molecule has 1 aromatic carbocycles. The van der Waals surface area contributed by atoms with Gasteiger partial charge in [0.15, 0.2) is 0 Å². The SMILES string of the molecule is Cc1cc(F)cc(C)c1S(=O)(=O)N1CC(=O)NC(=O)C1. The number of carbonyl (C=O) groups excluding carboxylic acids is 2. The van der Waals surface area contributed by atoms with Gasteiger partial charge in [-0.1, -0.05) is 0 Å². The fourth-order valence-electron chi connectivity index (χ4n) is 2.21.